The van der Waals surface area contributed by atoms with Gasteiger partial charge in [-0.2, -0.15) is 0 Å². The molecule has 0 unspecified atom stereocenters. The van der Waals surface area contributed by atoms with Crippen LogP contribution in [0.3, 0.4) is 0 Å². The normalized spacial score (nSPS) is 21.5. The molecule has 0 bridgehead atoms. The molecule has 1 aliphatic carbocycles. The minimum Gasteiger partial charge on any atom is -0.320 e. The number of alkyl halides is 2. The topological polar surface area (TPSA) is 26.0 Å². The summed E-state index contributed by atoms with van der Waals surface area (Å²) in [7, 11) is 0. The maximum Gasteiger partial charge on any atom is 0.265 e. The van der Waals surface area contributed by atoms with Crippen LogP contribution in [0.15, 0.2) is 0 Å². The van der Waals surface area contributed by atoms with Crippen LogP contribution in [0.25, 0.3) is 0 Å². The zero-order chi connectivity index (χ0) is 9.41. The third-order valence-corrected chi connectivity index (χ3v) is 2.55. The molecule has 0 aliphatic heterocycles. The smallest absolute Gasteiger partial charge is 0.265 e. The molecule has 2 N–H and O–H groups in total. The van der Waals surface area contributed by atoms with Crippen molar-refractivity contribution in [1.29, 1.82) is 0 Å². The predicted octanol–water partition coefficient (Wildman–Crippen LogP) is 2.55. The Morgan fingerprint density at radius 3 is 2.25 bits per heavy atom. The summed E-state index contributed by atoms with van der Waals surface area (Å²) in [4.78, 5) is 0. The second kappa shape index (κ2) is 2.95. The molecule has 0 spiro atoms. The summed E-state index contributed by atoms with van der Waals surface area (Å²) in [6.45, 7) is 3.90. The summed E-state index contributed by atoms with van der Waals surface area (Å²) in [5.41, 5.74) is 4.31. The van der Waals surface area contributed by atoms with Crippen LogP contribution in [0.5, 0.6) is 0 Å². The van der Waals surface area contributed by atoms with Crippen molar-refractivity contribution in [3.63, 3.8) is 0 Å². The van der Waals surface area contributed by atoms with Crippen LogP contribution in [0, 0.1) is 5.92 Å². The first-order valence-corrected chi connectivity index (χ1v) is 4.54. The summed E-state index contributed by atoms with van der Waals surface area (Å²) in [5, 5.41) is 0. The number of halogens is 2. The molecule has 0 atom stereocenters. The van der Waals surface area contributed by atoms with Gasteiger partial charge in [-0.15, -0.1) is 0 Å². The van der Waals surface area contributed by atoms with Gasteiger partial charge in [0.2, 0.25) is 0 Å². The molecule has 0 amide bonds. The van der Waals surface area contributed by atoms with Gasteiger partial charge < -0.3 is 5.73 Å². The Kier molecular flexibility index (Phi) is 2.43. The SMILES string of the molecule is CC(C)CCC(F)(F)C1(N)CC1. The molecule has 1 saturated carbocycles. The maximum atomic E-state index is 13.2. The van der Waals surface area contributed by atoms with Gasteiger partial charge in [0.15, 0.2) is 0 Å². The fourth-order valence-electron chi connectivity index (χ4n) is 1.22. The van der Waals surface area contributed by atoms with E-state index in [4.69, 9.17) is 5.73 Å². The van der Waals surface area contributed by atoms with E-state index in [1.54, 1.807) is 0 Å². The predicted molar refractivity (Wildman–Crippen MR) is 45.2 cm³/mol. The molecule has 1 aliphatic rings. The largest absolute Gasteiger partial charge is 0.320 e. The zero-order valence-corrected chi connectivity index (χ0v) is 7.74. The quantitative estimate of drug-likeness (QED) is 0.701. The van der Waals surface area contributed by atoms with Crippen molar-refractivity contribution < 1.29 is 8.78 Å². The highest BCUT2D eigenvalue weighted by Crippen LogP contribution is 2.48. The van der Waals surface area contributed by atoms with Crippen molar-refractivity contribution in [3.8, 4) is 0 Å². The lowest BCUT2D eigenvalue weighted by atomic mass is 9.98. The Morgan fingerprint density at radius 2 is 1.92 bits per heavy atom. The average Bonchev–Trinajstić information content (AvgIpc) is 2.65. The molecule has 0 aromatic heterocycles. The minimum atomic E-state index is -2.64. The maximum absolute atomic E-state index is 13.2. The number of rotatable bonds is 4. The van der Waals surface area contributed by atoms with E-state index in [1.165, 1.54) is 0 Å². The first-order chi connectivity index (χ1) is 5.37. The lowest BCUT2D eigenvalue weighted by Gasteiger charge is -2.23. The van der Waals surface area contributed by atoms with Crippen LogP contribution in [0.1, 0.15) is 39.5 Å². The molecule has 0 saturated heterocycles. The molecule has 3 heteroatoms. The number of hydrogen-bond acceptors (Lipinski definition) is 1. The molecule has 0 aromatic carbocycles. The van der Waals surface area contributed by atoms with Crippen LogP contribution >= 0.6 is 0 Å². The van der Waals surface area contributed by atoms with Crippen molar-refractivity contribution in [2.24, 2.45) is 11.7 Å². The average molecular weight is 177 g/mol. The fraction of sp³-hybridized carbons (Fsp3) is 1.00. The summed E-state index contributed by atoms with van der Waals surface area (Å²) in [6, 6.07) is 0. The van der Waals surface area contributed by atoms with Crippen LogP contribution in [0.4, 0.5) is 8.78 Å². The van der Waals surface area contributed by atoms with Crippen LogP contribution in [-0.4, -0.2) is 11.5 Å². The van der Waals surface area contributed by atoms with Gasteiger partial charge in [0.25, 0.3) is 5.92 Å². The van der Waals surface area contributed by atoms with Crippen LogP contribution in [0.2, 0.25) is 0 Å². The molecule has 0 aromatic rings. The van der Waals surface area contributed by atoms with E-state index in [9.17, 15) is 8.78 Å². The number of nitrogens with two attached hydrogens (primary N) is 1. The second-order valence-corrected chi connectivity index (χ2v) is 4.29. The fourth-order valence-corrected chi connectivity index (χ4v) is 1.22. The first-order valence-electron chi connectivity index (χ1n) is 4.54. The van der Waals surface area contributed by atoms with E-state index in [0.29, 0.717) is 25.2 Å². The van der Waals surface area contributed by atoms with Gasteiger partial charge >= 0.3 is 0 Å². The Morgan fingerprint density at radius 1 is 1.42 bits per heavy atom. The van der Waals surface area contributed by atoms with E-state index in [1.807, 2.05) is 13.8 Å². The van der Waals surface area contributed by atoms with Crippen molar-refractivity contribution >= 4 is 0 Å². The Balaban J connectivity index is 2.38. The number of hydrogen-bond donors (Lipinski definition) is 1. The van der Waals surface area contributed by atoms with Crippen LogP contribution < -0.4 is 5.73 Å². The van der Waals surface area contributed by atoms with Gasteiger partial charge in [0.05, 0.1) is 5.54 Å². The standard InChI is InChI=1S/C9H17F2N/c1-7(2)3-4-9(10,11)8(12)5-6-8/h7H,3-6,12H2,1-2H3. The molecule has 1 fully saturated rings. The van der Waals surface area contributed by atoms with Crippen LogP contribution in [-0.2, 0) is 0 Å². The Labute approximate surface area is 72.3 Å². The van der Waals surface area contributed by atoms with E-state index in [2.05, 4.69) is 0 Å². The third kappa shape index (κ3) is 1.94. The molecular formula is C9H17F2N. The molecule has 12 heavy (non-hydrogen) atoms. The van der Waals surface area contributed by atoms with Crippen molar-refractivity contribution in [1.82, 2.24) is 0 Å². The van der Waals surface area contributed by atoms with Gasteiger partial charge in [-0.05, 0) is 25.2 Å². The molecule has 0 radical (unpaired) electrons. The summed E-state index contributed by atoms with van der Waals surface area (Å²) in [6.07, 6.45) is 1.48. The Bertz CT molecular complexity index is 162. The van der Waals surface area contributed by atoms with Gasteiger partial charge in [-0.25, -0.2) is 8.78 Å². The summed E-state index contributed by atoms with van der Waals surface area (Å²) in [5.74, 6) is -2.31. The van der Waals surface area contributed by atoms with E-state index >= 15 is 0 Å². The summed E-state index contributed by atoms with van der Waals surface area (Å²) < 4.78 is 26.5. The molecular weight excluding hydrogens is 160 g/mol. The van der Waals surface area contributed by atoms with Gasteiger partial charge in [-0.1, -0.05) is 13.8 Å². The van der Waals surface area contributed by atoms with Crippen molar-refractivity contribution in [3.05, 3.63) is 0 Å². The monoisotopic (exact) mass is 177 g/mol. The van der Waals surface area contributed by atoms with Gasteiger partial charge in [0.1, 0.15) is 0 Å². The molecule has 0 heterocycles. The lowest BCUT2D eigenvalue weighted by Crippen LogP contribution is -2.43. The zero-order valence-electron chi connectivity index (χ0n) is 7.74. The second-order valence-electron chi connectivity index (χ2n) is 4.29. The molecule has 72 valence electrons. The molecule has 1 rings (SSSR count). The van der Waals surface area contributed by atoms with Gasteiger partial charge in [0, 0.05) is 6.42 Å². The highest BCUT2D eigenvalue weighted by Gasteiger charge is 2.58. The van der Waals surface area contributed by atoms with Crippen molar-refractivity contribution in [2.45, 2.75) is 51.0 Å². The molecule has 1 nitrogen and oxygen atoms in total. The Hall–Kier alpha value is -0.180. The van der Waals surface area contributed by atoms with E-state index < -0.39 is 11.5 Å². The van der Waals surface area contributed by atoms with Gasteiger partial charge in [-0.3, -0.25) is 0 Å². The first kappa shape index (κ1) is 9.90. The van der Waals surface area contributed by atoms with E-state index in [-0.39, 0.29) is 6.42 Å². The highest BCUT2D eigenvalue weighted by molar-refractivity contribution is 5.09. The minimum absolute atomic E-state index is 0.0544. The van der Waals surface area contributed by atoms with E-state index in [0.717, 1.165) is 0 Å². The highest BCUT2D eigenvalue weighted by atomic mass is 19.3. The van der Waals surface area contributed by atoms with Crippen molar-refractivity contribution in [2.75, 3.05) is 0 Å². The lowest BCUT2D eigenvalue weighted by molar-refractivity contribution is -0.0473. The summed E-state index contributed by atoms with van der Waals surface area (Å²) >= 11 is 0. The third-order valence-electron chi connectivity index (χ3n) is 2.55.